The van der Waals surface area contributed by atoms with Crippen LogP contribution < -0.4 is 0 Å². The predicted octanol–water partition coefficient (Wildman–Crippen LogP) is 2.98. The van der Waals surface area contributed by atoms with Gasteiger partial charge in [0.25, 0.3) is 0 Å². The predicted molar refractivity (Wildman–Crippen MR) is 87.1 cm³/mol. The molecule has 0 aliphatic rings. The molecule has 0 atom stereocenters. The average molecular weight is 302 g/mol. The molecule has 0 fully saturated rings. The minimum atomic E-state index is -2.72. The fourth-order valence-electron chi connectivity index (χ4n) is 1.79. The zero-order valence-corrected chi connectivity index (χ0v) is 15.0. The summed E-state index contributed by atoms with van der Waals surface area (Å²) >= 11 is 0. The van der Waals surface area contributed by atoms with E-state index < -0.39 is 8.80 Å². The Kier molecular flexibility index (Phi) is 9.92. The van der Waals surface area contributed by atoms with Crippen LogP contribution in [0.5, 0.6) is 0 Å². The Morgan fingerprint density at radius 2 is 1.20 bits per heavy atom. The number of nitrogens with zero attached hydrogens (tertiary/aromatic N) is 2. The highest BCUT2D eigenvalue weighted by atomic mass is 28.4. The van der Waals surface area contributed by atoms with Gasteiger partial charge in [-0.1, -0.05) is 13.8 Å². The highest BCUT2D eigenvalue weighted by Crippen LogP contribution is 2.25. The molecule has 0 heterocycles. The summed E-state index contributed by atoms with van der Waals surface area (Å²) in [5, 5.41) is 0. The Morgan fingerprint density at radius 3 is 1.45 bits per heavy atom. The van der Waals surface area contributed by atoms with Crippen LogP contribution in [0.25, 0.3) is 0 Å². The molecule has 0 aromatic rings. The number of aliphatic imine (C=N–C) groups is 2. The third-order valence-corrected chi connectivity index (χ3v) is 6.61. The second kappa shape index (κ2) is 10.2. The molecule has 5 nitrogen and oxygen atoms in total. The summed E-state index contributed by atoms with van der Waals surface area (Å²) in [5.41, 5.74) is 2.29. The van der Waals surface area contributed by atoms with E-state index in [4.69, 9.17) is 13.3 Å². The van der Waals surface area contributed by atoms with Gasteiger partial charge in [0.05, 0.1) is 5.54 Å². The first kappa shape index (κ1) is 19.4. The Labute approximate surface area is 124 Å². The molecule has 0 aromatic heterocycles. The first-order chi connectivity index (χ1) is 9.49. The third kappa shape index (κ3) is 5.83. The fraction of sp³-hybridized carbons (Fsp3) is 0.857. The summed E-state index contributed by atoms with van der Waals surface area (Å²) in [6.07, 6.45) is 1.90. The Bertz CT molecular complexity index is 298. The van der Waals surface area contributed by atoms with Crippen molar-refractivity contribution < 1.29 is 13.3 Å². The second-order valence-electron chi connectivity index (χ2n) is 4.77. The van der Waals surface area contributed by atoms with Crippen LogP contribution in [0.15, 0.2) is 9.98 Å². The first-order valence-corrected chi connectivity index (χ1v) is 8.95. The summed E-state index contributed by atoms with van der Waals surface area (Å²) < 4.78 is 16.8. The molecule has 0 saturated carbocycles. The van der Waals surface area contributed by atoms with E-state index in [-0.39, 0.29) is 5.54 Å². The minimum Gasteiger partial charge on any atom is -0.377 e. The lowest BCUT2D eigenvalue weighted by Gasteiger charge is -2.30. The Balaban J connectivity index is 5.12. The number of rotatable bonds is 10. The summed E-state index contributed by atoms with van der Waals surface area (Å²) in [6, 6.07) is 0. The van der Waals surface area contributed by atoms with Crippen molar-refractivity contribution in [3.05, 3.63) is 0 Å². The van der Waals surface area contributed by atoms with Gasteiger partial charge in [0.15, 0.2) is 0 Å². The fourth-order valence-corrected chi connectivity index (χ4v) is 3.92. The number of hydrogen-bond acceptors (Lipinski definition) is 5. The van der Waals surface area contributed by atoms with E-state index in [9.17, 15) is 0 Å². The Morgan fingerprint density at radius 1 is 0.850 bits per heavy atom. The van der Waals surface area contributed by atoms with Crippen molar-refractivity contribution in [2.75, 3.05) is 34.4 Å². The van der Waals surface area contributed by atoms with E-state index in [2.05, 4.69) is 23.8 Å². The van der Waals surface area contributed by atoms with Crippen LogP contribution in [-0.2, 0) is 13.3 Å². The van der Waals surface area contributed by atoms with Crippen molar-refractivity contribution in [2.45, 2.75) is 46.1 Å². The van der Waals surface area contributed by atoms with Crippen LogP contribution in [0.2, 0.25) is 5.54 Å². The van der Waals surface area contributed by atoms with E-state index >= 15 is 0 Å². The maximum absolute atomic E-state index is 5.59. The zero-order chi connectivity index (χ0) is 15.6. The van der Waals surface area contributed by atoms with Crippen molar-refractivity contribution >= 4 is 20.2 Å². The van der Waals surface area contributed by atoms with Crippen molar-refractivity contribution in [1.29, 1.82) is 0 Å². The molecule has 0 amide bonds. The molecule has 0 spiro atoms. The molecule has 6 heteroatoms. The number of hydrogen-bond donors (Lipinski definition) is 0. The van der Waals surface area contributed by atoms with Crippen molar-refractivity contribution in [3.8, 4) is 0 Å². The van der Waals surface area contributed by atoms with Gasteiger partial charge in [-0.3, -0.25) is 9.98 Å². The van der Waals surface area contributed by atoms with Crippen LogP contribution in [-0.4, -0.2) is 54.6 Å². The average Bonchev–Trinajstić information content (AvgIpc) is 2.50. The highest BCUT2D eigenvalue weighted by molar-refractivity contribution is 6.62. The molecule has 0 rings (SSSR count). The summed E-state index contributed by atoms with van der Waals surface area (Å²) in [7, 11) is 2.19. The summed E-state index contributed by atoms with van der Waals surface area (Å²) in [4.78, 5) is 9.20. The van der Waals surface area contributed by atoms with Gasteiger partial charge in [-0.25, -0.2) is 0 Å². The minimum absolute atomic E-state index is 0.0468. The van der Waals surface area contributed by atoms with E-state index in [1.54, 1.807) is 21.3 Å². The topological polar surface area (TPSA) is 52.4 Å². The first-order valence-electron chi connectivity index (χ1n) is 7.14. The van der Waals surface area contributed by atoms with Crippen LogP contribution in [0, 0.1) is 0 Å². The lowest BCUT2D eigenvalue weighted by molar-refractivity contribution is 0.113. The second-order valence-corrected chi connectivity index (χ2v) is 8.02. The van der Waals surface area contributed by atoms with Gasteiger partial charge in [-0.2, -0.15) is 0 Å². The molecule has 0 unspecified atom stereocenters. The molecule has 118 valence electrons. The Hall–Kier alpha value is -0.563. The quantitative estimate of drug-likeness (QED) is 0.460. The summed E-state index contributed by atoms with van der Waals surface area (Å²) in [6.45, 7) is 9.52. The molecule has 0 bridgehead atoms. The SMILES string of the molecule is CCC(C)=NCC(CN=C(C)CC)[Si](OC)(OC)OC. The van der Waals surface area contributed by atoms with E-state index in [0.29, 0.717) is 13.1 Å². The van der Waals surface area contributed by atoms with Crippen molar-refractivity contribution in [2.24, 2.45) is 9.98 Å². The lowest BCUT2D eigenvalue weighted by atomic mass is 10.3. The van der Waals surface area contributed by atoms with E-state index in [0.717, 1.165) is 24.3 Å². The van der Waals surface area contributed by atoms with Gasteiger partial charge in [0.1, 0.15) is 0 Å². The maximum atomic E-state index is 5.59. The standard InChI is InChI=1S/C14H30N2O3Si/c1-8-12(3)15-10-14(11-16-13(4)9-2)20(17-5,18-6)19-7/h14H,8-11H2,1-7H3. The largest absolute Gasteiger partial charge is 0.507 e. The van der Waals surface area contributed by atoms with Gasteiger partial charge < -0.3 is 13.3 Å². The van der Waals surface area contributed by atoms with Crippen LogP contribution in [0.4, 0.5) is 0 Å². The maximum Gasteiger partial charge on any atom is 0.507 e. The highest BCUT2D eigenvalue weighted by Gasteiger charge is 2.47. The van der Waals surface area contributed by atoms with Crippen molar-refractivity contribution in [3.63, 3.8) is 0 Å². The van der Waals surface area contributed by atoms with E-state index in [1.807, 2.05) is 13.8 Å². The normalized spacial score (nSPS) is 15.6. The van der Waals surface area contributed by atoms with Crippen LogP contribution in [0.1, 0.15) is 40.5 Å². The molecular formula is C14H30N2O3Si. The zero-order valence-electron chi connectivity index (χ0n) is 14.0. The molecular weight excluding hydrogens is 272 g/mol. The van der Waals surface area contributed by atoms with Gasteiger partial charge in [-0.05, 0) is 26.7 Å². The van der Waals surface area contributed by atoms with Crippen LogP contribution >= 0.6 is 0 Å². The molecule has 0 aliphatic heterocycles. The van der Waals surface area contributed by atoms with Gasteiger partial charge in [0.2, 0.25) is 0 Å². The molecule has 0 radical (unpaired) electrons. The monoisotopic (exact) mass is 302 g/mol. The summed E-state index contributed by atoms with van der Waals surface area (Å²) in [5.74, 6) is 0. The smallest absolute Gasteiger partial charge is 0.377 e. The van der Waals surface area contributed by atoms with Crippen LogP contribution in [0.3, 0.4) is 0 Å². The molecule has 0 N–H and O–H groups in total. The molecule has 0 aliphatic carbocycles. The van der Waals surface area contributed by atoms with Crippen molar-refractivity contribution in [1.82, 2.24) is 0 Å². The van der Waals surface area contributed by atoms with Gasteiger partial charge >= 0.3 is 8.80 Å². The molecule has 20 heavy (non-hydrogen) atoms. The molecule has 0 saturated heterocycles. The molecule has 0 aromatic carbocycles. The lowest BCUT2D eigenvalue weighted by Crippen LogP contribution is -2.50. The van der Waals surface area contributed by atoms with Gasteiger partial charge in [0, 0.05) is 45.8 Å². The van der Waals surface area contributed by atoms with Gasteiger partial charge in [-0.15, -0.1) is 0 Å². The third-order valence-electron chi connectivity index (χ3n) is 3.54. The van der Waals surface area contributed by atoms with E-state index in [1.165, 1.54) is 0 Å².